The molecular weight excluding hydrogens is 222 g/mol. The fourth-order valence-corrected chi connectivity index (χ4v) is 2.68. The Labute approximate surface area is 107 Å². The molecule has 0 radical (unpaired) electrons. The van der Waals surface area contributed by atoms with Crippen molar-refractivity contribution >= 4 is 21.8 Å². The lowest BCUT2D eigenvalue weighted by atomic mass is 10.1. The predicted octanol–water partition coefficient (Wildman–Crippen LogP) is 4.21. The Morgan fingerprint density at radius 1 is 0.944 bits per heavy atom. The molecule has 0 unspecified atom stereocenters. The Kier molecular flexibility index (Phi) is 2.71. The normalized spacial score (nSPS) is 11.2. The molecule has 0 aliphatic heterocycles. The van der Waals surface area contributed by atoms with E-state index in [1.165, 1.54) is 21.8 Å². The first kappa shape index (κ1) is 11.1. The van der Waals surface area contributed by atoms with Crippen molar-refractivity contribution < 1.29 is 4.74 Å². The van der Waals surface area contributed by atoms with E-state index in [2.05, 4.69) is 54.0 Å². The van der Waals surface area contributed by atoms with Gasteiger partial charge in [-0.1, -0.05) is 30.3 Å². The van der Waals surface area contributed by atoms with Crippen LogP contribution in [-0.4, -0.2) is 11.2 Å². The fourth-order valence-electron chi connectivity index (χ4n) is 2.68. The van der Waals surface area contributed by atoms with Crippen LogP contribution in [0.3, 0.4) is 0 Å². The molecule has 18 heavy (non-hydrogen) atoms. The third-order valence-corrected chi connectivity index (χ3v) is 3.37. The molecule has 0 saturated carbocycles. The maximum Gasteiger partial charge on any atom is 0.143 e. The van der Waals surface area contributed by atoms with E-state index in [-0.39, 0.29) is 0 Å². The molecule has 0 atom stereocenters. The second kappa shape index (κ2) is 4.37. The van der Waals surface area contributed by atoms with Gasteiger partial charge in [0.1, 0.15) is 5.75 Å². The number of ether oxygens (including phenoxy) is 1. The summed E-state index contributed by atoms with van der Waals surface area (Å²) in [7, 11) is 0. The molecule has 0 aliphatic carbocycles. The van der Waals surface area contributed by atoms with Crippen LogP contribution in [0.4, 0.5) is 0 Å². The molecule has 0 aliphatic rings. The number of hydrogen-bond acceptors (Lipinski definition) is 1. The molecule has 92 valence electrons. The molecule has 3 rings (SSSR count). The van der Waals surface area contributed by atoms with E-state index in [0.29, 0.717) is 6.61 Å². The summed E-state index contributed by atoms with van der Waals surface area (Å²) in [6.45, 7) is 5.85. The number of fused-ring (bicyclic) bond motifs is 3. The Morgan fingerprint density at radius 2 is 1.72 bits per heavy atom. The van der Waals surface area contributed by atoms with Gasteiger partial charge >= 0.3 is 0 Å². The highest BCUT2D eigenvalue weighted by Gasteiger charge is 2.12. The van der Waals surface area contributed by atoms with Gasteiger partial charge in [-0.05, 0) is 26.0 Å². The van der Waals surface area contributed by atoms with Crippen molar-refractivity contribution in [3.8, 4) is 5.75 Å². The van der Waals surface area contributed by atoms with Crippen LogP contribution in [0.15, 0.2) is 42.5 Å². The van der Waals surface area contributed by atoms with E-state index in [1.54, 1.807) is 0 Å². The van der Waals surface area contributed by atoms with Crippen LogP contribution in [0, 0.1) is 0 Å². The molecule has 3 aromatic rings. The summed E-state index contributed by atoms with van der Waals surface area (Å²) in [5, 5.41) is 2.58. The lowest BCUT2D eigenvalue weighted by molar-refractivity contribution is 0.343. The van der Waals surface area contributed by atoms with Crippen LogP contribution >= 0.6 is 0 Å². The Morgan fingerprint density at radius 3 is 2.50 bits per heavy atom. The SMILES string of the molecule is CCOc1cccc2c3ccccc3n(CC)c12. The molecular formula is C16H17NO. The van der Waals surface area contributed by atoms with Crippen LogP contribution < -0.4 is 4.74 Å². The van der Waals surface area contributed by atoms with Gasteiger partial charge in [-0.15, -0.1) is 0 Å². The molecule has 0 fully saturated rings. The minimum absolute atomic E-state index is 0.699. The van der Waals surface area contributed by atoms with Crippen molar-refractivity contribution in [3.63, 3.8) is 0 Å². The van der Waals surface area contributed by atoms with Gasteiger partial charge in [-0.25, -0.2) is 0 Å². The van der Waals surface area contributed by atoms with E-state index in [9.17, 15) is 0 Å². The maximum atomic E-state index is 5.77. The molecule has 2 heteroatoms. The molecule has 0 amide bonds. The van der Waals surface area contributed by atoms with Crippen molar-refractivity contribution in [1.29, 1.82) is 0 Å². The molecule has 1 aromatic heterocycles. The summed E-state index contributed by atoms with van der Waals surface area (Å²) < 4.78 is 8.10. The maximum absolute atomic E-state index is 5.77. The number of rotatable bonds is 3. The minimum atomic E-state index is 0.699. The first-order valence-electron chi connectivity index (χ1n) is 6.49. The predicted molar refractivity (Wildman–Crippen MR) is 76.3 cm³/mol. The van der Waals surface area contributed by atoms with Crippen LogP contribution in [0.5, 0.6) is 5.75 Å². The number of para-hydroxylation sites is 2. The van der Waals surface area contributed by atoms with Gasteiger partial charge in [0, 0.05) is 22.8 Å². The van der Waals surface area contributed by atoms with Crippen LogP contribution in [-0.2, 0) is 6.54 Å². The first-order chi connectivity index (χ1) is 8.86. The van der Waals surface area contributed by atoms with Gasteiger partial charge in [-0.2, -0.15) is 0 Å². The summed E-state index contributed by atoms with van der Waals surface area (Å²) in [6.07, 6.45) is 0. The van der Waals surface area contributed by atoms with Crippen LogP contribution in [0.25, 0.3) is 21.8 Å². The van der Waals surface area contributed by atoms with Crippen LogP contribution in [0.1, 0.15) is 13.8 Å². The molecule has 2 aromatic carbocycles. The quantitative estimate of drug-likeness (QED) is 0.667. The Hall–Kier alpha value is -1.96. The zero-order chi connectivity index (χ0) is 12.5. The lowest BCUT2D eigenvalue weighted by Crippen LogP contribution is -1.98. The highest BCUT2D eigenvalue weighted by Crippen LogP contribution is 2.34. The Balaban J connectivity index is 2.47. The van der Waals surface area contributed by atoms with Crippen molar-refractivity contribution in [1.82, 2.24) is 4.57 Å². The van der Waals surface area contributed by atoms with Gasteiger partial charge in [-0.3, -0.25) is 0 Å². The average Bonchev–Trinajstić information content (AvgIpc) is 2.74. The standard InChI is InChI=1S/C16H17NO/c1-3-17-14-10-6-5-8-12(14)13-9-7-11-15(16(13)17)18-4-2/h5-11H,3-4H2,1-2H3. The molecule has 0 spiro atoms. The van der Waals surface area contributed by atoms with Gasteiger partial charge in [0.25, 0.3) is 0 Å². The average molecular weight is 239 g/mol. The molecule has 0 saturated heterocycles. The summed E-state index contributed by atoms with van der Waals surface area (Å²) in [6, 6.07) is 14.8. The third kappa shape index (κ3) is 1.49. The van der Waals surface area contributed by atoms with Gasteiger partial charge in [0.2, 0.25) is 0 Å². The Bertz CT molecular complexity index is 697. The highest BCUT2D eigenvalue weighted by atomic mass is 16.5. The van der Waals surface area contributed by atoms with Crippen molar-refractivity contribution in [2.24, 2.45) is 0 Å². The highest BCUT2D eigenvalue weighted by molar-refractivity contribution is 6.09. The van der Waals surface area contributed by atoms with E-state index >= 15 is 0 Å². The minimum Gasteiger partial charge on any atom is -0.492 e. The number of benzene rings is 2. The van der Waals surface area contributed by atoms with Crippen molar-refractivity contribution in [2.75, 3.05) is 6.61 Å². The molecule has 1 heterocycles. The van der Waals surface area contributed by atoms with E-state index < -0.39 is 0 Å². The molecule has 0 N–H and O–H groups in total. The van der Waals surface area contributed by atoms with E-state index in [0.717, 1.165) is 12.3 Å². The first-order valence-corrected chi connectivity index (χ1v) is 6.49. The number of aromatic nitrogens is 1. The zero-order valence-corrected chi connectivity index (χ0v) is 10.8. The van der Waals surface area contributed by atoms with E-state index in [4.69, 9.17) is 4.74 Å². The monoisotopic (exact) mass is 239 g/mol. The summed E-state index contributed by atoms with van der Waals surface area (Å²) >= 11 is 0. The second-order valence-corrected chi connectivity index (χ2v) is 4.35. The smallest absolute Gasteiger partial charge is 0.143 e. The van der Waals surface area contributed by atoms with Crippen molar-refractivity contribution in [2.45, 2.75) is 20.4 Å². The van der Waals surface area contributed by atoms with Crippen LogP contribution in [0.2, 0.25) is 0 Å². The topological polar surface area (TPSA) is 14.2 Å². The summed E-state index contributed by atoms with van der Waals surface area (Å²) in [5.74, 6) is 0.980. The number of nitrogens with zero attached hydrogens (tertiary/aromatic N) is 1. The van der Waals surface area contributed by atoms with Crippen molar-refractivity contribution in [3.05, 3.63) is 42.5 Å². The van der Waals surface area contributed by atoms with Gasteiger partial charge in [0.05, 0.1) is 12.1 Å². The second-order valence-electron chi connectivity index (χ2n) is 4.35. The van der Waals surface area contributed by atoms with Gasteiger partial charge < -0.3 is 9.30 Å². The molecule has 2 nitrogen and oxygen atoms in total. The zero-order valence-electron chi connectivity index (χ0n) is 10.8. The van der Waals surface area contributed by atoms with Gasteiger partial charge in [0.15, 0.2) is 0 Å². The fraction of sp³-hybridized carbons (Fsp3) is 0.250. The molecule has 0 bridgehead atoms. The van der Waals surface area contributed by atoms with E-state index in [1.807, 2.05) is 6.92 Å². The summed E-state index contributed by atoms with van der Waals surface area (Å²) in [5.41, 5.74) is 2.49. The largest absolute Gasteiger partial charge is 0.492 e. The summed E-state index contributed by atoms with van der Waals surface area (Å²) in [4.78, 5) is 0. The number of aryl methyl sites for hydroxylation is 1. The lowest BCUT2D eigenvalue weighted by Gasteiger charge is -2.08. The number of hydrogen-bond donors (Lipinski definition) is 0. The third-order valence-electron chi connectivity index (χ3n) is 3.37.